The Kier molecular flexibility index (Phi) is 7.42. The van der Waals surface area contributed by atoms with Crippen molar-refractivity contribution < 1.29 is 29.3 Å². The summed E-state index contributed by atoms with van der Waals surface area (Å²) in [6.07, 6.45) is -0.0969. The van der Waals surface area contributed by atoms with E-state index >= 15 is 0 Å². The van der Waals surface area contributed by atoms with Crippen molar-refractivity contribution in [2.45, 2.75) is 24.8 Å². The Labute approximate surface area is 202 Å². The first-order valence-corrected chi connectivity index (χ1v) is 11.3. The molecule has 1 aliphatic carbocycles. The fraction of sp³-hybridized carbons (Fsp3) is 0.222. The summed E-state index contributed by atoms with van der Waals surface area (Å²) in [6.45, 7) is -0.449. The van der Waals surface area contributed by atoms with E-state index in [1.54, 1.807) is 24.3 Å². The van der Waals surface area contributed by atoms with Gasteiger partial charge in [0.25, 0.3) is 0 Å². The van der Waals surface area contributed by atoms with Crippen molar-refractivity contribution in [1.29, 1.82) is 0 Å². The first-order chi connectivity index (χ1) is 17.0. The Balaban J connectivity index is 1.28. The summed E-state index contributed by atoms with van der Waals surface area (Å²) in [5, 5.41) is 22.8. The molecule has 0 aliphatic heterocycles. The van der Waals surface area contributed by atoms with Crippen LogP contribution in [0.25, 0.3) is 11.1 Å². The van der Waals surface area contributed by atoms with E-state index in [0.717, 1.165) is 27.8 Å². The lowest BCUT2D eigenvalue weighted by molar-refractivity contribution is -0.142. The number of rotatable bonds is 9. The Hall–Kier alpha value is -4.17. The number of carbonyl (C=O) groups excluding carboxylic acids is 2. The van der Waals surface area contributed by atoms with Crippen molar-refractivity contribution in [2.24, 2.45) is 0 Å². The minimum absolute atomic E-state index is 0.0202. The van der Waals surface area contributed by atoms with Crippen LogP contribution in [0.3, 0.4) is 0 Å². The van der Waals surface area contributed by atoms with Gasteiger partial charge >= 0.3 is 12.1 Å². The molecule has 3 aromatic rings. The molecule has 0 unspecified atom stereocenters. The van der Waals surface area contributed by atoms with Crippen molar-refractivity contribution in [3.05, 3.63) is 89.5 Å². The number of carboxylic acids is 1. The lowest BCUT2D eigenvalue weighted by Gasteiger charge is -2.15. The summed E-state index contributed by atoms with van der Waals surface area (Å²) < 4.78 is 5.55. The number of amides is 2. The zero-order valence-electron chi connectivity index (χ0n) is 18.9. The van der Waals surface area contributed by atoms with E-state index in [-0.39, 0.29) is 18.9 Å². The molecular weight excluding hydrogens is 448 g/mol. The highest BCUT2D eigenvalue weighted by molar-refractivity contribution is 5.85. The maximum atomic E-state index is 12.4. The van der Waals surface area contributed by atoms with Crippen LogP contribution in [-0.2, 0) is 20.7 Å². The molecule has 0 heterocycles. The molecule has 4 N–H and O–H groups in total. The van der Waals surface area contributed by atoms with Crippen LogP contribution in [0.2, 0.25) is 0 Å². The number of anilines is 1. The second kappa shape index (κ2) is 10.8. The summed E-state index contributed by atoms with van der Waals surface area (Å²) in [5.41, 5.74) is 6.01. The van der Waals surface area contributed by atoms with Crippen LogP contribution in [0.4, 0.5) is 10.5 Å². The lowest BCUT2D eigenvalue weighted by atomic mass is 9.98. The number of nitrogens with one attached hydrogen (secondary N) is 2. The molecule has 0 saturated carbocycles. The quantitative estimate of drug-likeness (QED) is 0.376. The number of ether oxygens (including phenoxy) is 1. The van der Waals surface area contributed by atoms with Crippen LogP contribution in [-0.4, -0.2) is 47.4 Å². The van der Waals surface area contributed by atoms with Crippen molar-refractivity contribution in [3.63, 3.8) is 0 Å². The van der Waals surface area contributed by atoms with Crippen LogP contribution < -0.4 is 10.6 Å². The average molecular weight is 475 g/mol. The third kappa shape index (κ3) is 5.67. The number of hydrogen-bond acceptors (Lipinski definition) is 5. The molecule has 0 bridgehead atoms. The van der Waals surface area contributed by atoms with Gasteiger partial charge in [0.05, 0.1) is 6.61 Å². The zero-order chi connectivity index (χ0) is 24.8. The fourth-order valence-corrected chi connectivity index (χ4v) is 4.22. The van der Waals surface area contributed by atoms with E-state index in [0.29, 0.717) is 12.1 Å². The van der Waals surface area contributed by atoms with Crippen LogP contribution in [0.5, 0.6) is 0 Å². The van der Waals surface area contributed by atoms with Gasteiger partial charge in [-0.3, -0.25) is 10.1 Å². The van der Waals surface area contributed by atoms with Crippen LogP contribution in [0.1, 0.15) is 29.0 Å². The highest BCUT2D eigenvalue weighted by Gasteiger charge is 2.29. The summed E-state index contributed by atoms with van der Waals surface area (Å²) in [7, 11) is 0. The van der Waals surface area contributed by atoms with Gasteiger partial charge in [-0.2, -0.15) is 0 Å². The van der Waals surface area contributed by atoms with E-state index in [2.05, 4.69) is 34.9 Å². The monoisotopic (exact) mass is 474 g/mol. The number of aryl methyl sites for hydroxylation is 1. The summed E-state index contributed by atoms with van der Waals surface area (Å²) in [4.78, 5) is 35.2. The maximum Gasteiger partial charge on any atom is 0.411 e. The van der Waals surface area contributed by atoms with Gasteiger partial charge in [0.1, 0.15) is 12.6 Å². The van der Waals surface area contributed by atoms with Crippen LogP contribution in [0, 0.1) is 0 Å². The van der Waals surface area contributed by atoms with Gasteiger partial charge < -0.3 is 20.3 Å². The second-order valence-corrected chi connectivity index (χ2v) is 8.29. The fourth-order valence-electron chi connectivity index (χ4n) is 4.22. The molecule has 4 rings (SSSR count). The van der Waals surface area contributed by atoms with Gasteiger partial charge in [0.15, 0.2) is 0 Å². The minimum Gasteiger partial charge on any atom is -0.480 e. The molecule has 0 spiro atoms. The molecule has 35 heavy (non-hydrogen) atoms. The molecule has 0 aromatic heterocycles. The van der Waals surface area contributed by atoms with Gasteiger partial charge in [-0.25, -0.2) is 9.59 Å². The van der Waals surface area contributed by atoms with Gasteiger partial charge in [0, 0.05) is 18.0 Å². The Morgan fingerprint density at radius 2 is 1.49 bits per heavy atom. The number of aliphatic hydroxyl groups excluding tert-OH is 1. The van der Waals surface area contributed by atoms with Crippen molar-refractivity contribution in [3.8, 4) is 11.1 Å². The average Bonchev–Trinajstić information content (AvgIpc) is 3.19. The molecule has 8 heteroatoms. The normalized spacial score (nSPS) is 12.8. The number of aliphatic hydroxyl groups is 1. The maximum absolute atomic E-state index is 12.4. The molecule has 0 fully saturated rings. The summed E-state index contributed by atoms with van der Waals surface area (Å²) in [6, 6.07) is 21.9. The smallest absolute Gasteiger partial charge is 0.411 e. The standard InChI is InChI=1S/C27H26N2O6/c30-15-24(26(32)33)29-25(31)14-11-17-9-12-18(13-10-17)28-27(34)35-16-23-21-7-3-1-5-19(21)20-6-2-4-8-22(20)23/h1-10,12-13,23-24,30H,11,14-16H2,(H,28,34)(H,29,31)(H,32,33)/t24-/m1/s1. The number of fused-ring (bicyclic) bond motifs is 3. The molecule has 2 amide bonds. The molecule has 0 radical (unpaired) electrons. The molecule has 0 saturated heterocycles. The summed E-state index contributed by atoms with van der Waals surface area (Å²) in [5.74, 6) is -1.77. The van der Waals surface area contributed by atoms with Gasteiger partial charge in [0.2, 0.25) is 5.91 Å². The van der Waals surface area contributed by atoms with Gasteiger partial charge in [-0.05, 0) is 46.4 Å². The third-order valence-electron chi connectivity index (χ3n) is 6.00. The highest BCUT2D eigenvalue weighted by atomic mass is 16.5. The number of benzene rings is 3. The largest absolute Gasteiger partial charge is 0.480 e. The SMILES string of the molecule is O=C(CCc1ccc(NC(=O)OCC2c3ccccc3-c3ccccc32)cc1)N[C@H](CO)C(=O)O. The molecule has 1 aliphatic rings. The number of carboxylic acid groups (broad SMARTS) is 1. The van der Waals surface area contributed by atoms with Crippen molar-refractivity contribution in [2.75, 3.05) is 18.5 Å². The van der Waals surface area contributed by atoms with E-state index in [1.165, 1.54) is 0 Å². The first kappa shape index (κ1) is 24.0. The molecule has 180 valence electrons. The Bertz CT molecular complexity index is 1180. The topological polar surface area (TPSA) is 125 Å². The number of hydrogen-bond donors (Lipinski definition) is 4. The predicted octanol–water partition coefficient (Wildman–Crippen LogP) is 3.54. The Morgan fingerprint density at radius 1 is 0.886 bits per heavy atom. The van der Waals surface area contributed by atoms with Gasteiger partial charge in [-0.1, -0.05) is 60.7 Å². The molecule has 8 nitrogen and oxygen atoms in total. The lowest BCUT2D eigenvalue weighted by Crippen LogP contribution is -2.43. The van der Waals surface area contributed by atoms with E-state index in [9.17, 15) is 14.4 Å². The highest BCUT2D eigenvalue weighted by Crippen LogP contribution is 2.44. The third-order valence-corrected chi connectivity index (χ3v) is 6.00. The van der Waals surface area contributed by atoms with Gasteiger partial charge in [-0.15, -0.1) is 0 Å². The molecular formula is C27H26N2O6. The summed E-state index contributed by atoms with van der Waals surface area (Å²) >= 11 is 0. The second-order valence-electron chi connectivity index (χ2n) is 8.29. The minimum atomic E-state index is -1.31. The number of carbonyl (C=O) groups is 3. The van der Waals surface area contributed by atoms with E-state index < -0.39 is 30.6 Å². The van der Waals surface area contributed by atoms with E-state index in [4.69, 9.17) is 14.9 Å². The Morgan fingerprint density at radius 3 is 2.06 bits per heavy atom. The first-order valence-electron chi connectivity index (χ1n) is 11.3. The van der Waals surface area contributed by atoms with Crippen molar-refractivity contribution in [1.82, 2.24) is 5.32 Å². The predicted molar refractivity (Wildman–Crippen MR) is 130 cm³/mol. The number of aliphatic carboxylic acids is 1. The van der Waals surface area contributed by atoms with Crippen LogP contribution >= 0.6 is 0 Å². The van der Waals surface area contributed by atoms with Crippen LogP contribution in [0.15, 0.2) is 72.8 Å². The van der Waals surface area contributed by atoms with Crippen molar-refractivity contribution >= 4 is 23.7 Å². The molecule has 1 atom stereocenters. The zero-order valence-corrected chi connectivity index (χ0v) is 18.9. The molecule has 3 aromatic carbocycles. The van der Waals surface area contributed by atoms with E-state index in [1.807, 2.05) is 24.3 Å².